The molecule has 0 aliphatic rings. The van der Waals surface area contributed by atoms with Crippen molar-refractivity contribution in [3.63, 3.8) is 0 Å². The molecule has 0 bridgehead atoms. The average molecular weight is 214 g/mol. The number of hydrazone groups is 1. The standard InChI is InChI=1S/C10H22N4O/c1-10(8-12-2)9-14(13-3)5-7-15-6-4-11/h9,12H,3-8,11H2,1-2H3/b10-9+. The van der Waals surface area contributed by atoms with Gasteiger partial charge in [0.05, 0.1) is 19.8 Å². The third-order valence-corrected chi connectivity index (χ3v) is 1.73. The summed E-state index contributed by atoms with van der Waals surface area (Å²) in [6.07, 6.45) is 1.95. The lowest BCUT2D eigenvalue weighted by Crippen LogP contribution is -2.20. The van der Waals surface area contributed by atoms with Crippen LogP contribution < -0.4 is 11.1 Å². The van der Waals surface area contributed by atoms with Gasteiger partial charge >= 0.3 is 0 Å². The second-order valence-corrected chi connectivity index (χ2v) is 3.21. The SMILES string of the molecule is C=NN(/C=C(\C)CNC)CCOCCN. The Balaban J connectivity index is 3.81. The van der Waals surface area contributed by atoms with Gasteiger partial charge in [-0.1, -0.05) is 0 Å². The number of nitrogens with two attached hydrogens (primary N) is 1. The van der Waals surface area contributed by atoms with Crippen molar-refractivity contribution in [3.8, 4) is 0 Å². The summed E-state index contributed by atoms with van der Waals surface area (Å²) in [6, 6.07) is 0. The van der Waals surface area contributed by atoms with Crippen molar-refractivity contribution in [2.75, 3.05) is 39.9 Å². The summed E-state index contributed by atoms with van der Waals surface area (Å²) in [6.45, 7) is 8.83. The van der Waals surface area contributed by atoms with Crippen LogP contribution in [0.2, 0.25) is 0 Å². The van der Waals surface area contributed by atoms with E-state index in [4.69, 9.17) is 10.5 Å². The molecule has 3 N–H and O–H groups in total. The van der Waals surface area contributed by atoms with E-state index in [9.17, 15) is 0 Å². The van der Waals surface area contributed by atoms with Crippen LogP contribution in [0.15, 0.2) is 16.9 Å². The van der Waals surface area contributed by atoms with Crippen molar-refractivity contribution in [2.24, 2.45) is 10.8 Å². The van der Waals surface area contributed by atoms with E-state index in [1.165, 1.54) is 5.57 Å². The molecule has 0 atom stereocenters. The van der Waals surface area contributed by atoms with Gasteiger partial charge in [0.1, 0.15) is 0 Å². The number of ether oxygens (including phenoxy) is 1. The molecule has 0 aliphatic heterocycles. The zero-order valence-corrected chi connectivity index (χ0v) is 9.70. The molecule has 0 spiro atoms. The highest BCUT2D eigenvalue weighted by Gasteiger charge is 1.97. The molecule has 0 amide bonds. The van der Waals surface area contributed by atoms with E-state index in [1.807, 2.05) is 20.2 Å². The van der Waals surface area contributed by atoms with Gasteiger partial charge in [0, 0.05) is 26.0 Å². The number of nitrogens with one attached hydrogen (secondary N) is 1. The number of hydrogen-bond acceptors (Lipinski definition) is 5. The quantitative estimate of drug-likeness (QED) is 0.322. The van der Waals surface area contributed by atoms with Gasteiger partial charge in [-0.15, -0.1) is 0 Å². The molecule has 0 saturated heterocycles. The Kier molecular flexibility index (Phi) is 9.05. The normalized spacial score (nSPS) is 11.5. The molecule has 0 aromatic carbocycles. The van der Waals surface area contributed by atoms with Crippen molar-refractivity contribution in [1.29, 1.82) is 0 Å². The summed E-state index contributed by atoms with van der Waals surface area (Å²) in [5.74, 6) is 0. The molecule has 88 valence electrons. The van der Waals surface area contributed by atoms with Gasteiger partial charge in [-0.3, -0.25) is 5.01 Å². The van der Waals surface area contributed by atoms with E-state index in [0.29, 0.717) is 26.3 Å². The van der Waals surface area contributed by atoms with Crippen molar-refractivity contribution in [2.45, 2.75) is 6.92 Å². The summed E-state index contributed by atoms with van der Waals surface area (Å²) in [5.41, 5.74) is 6.50. The molecule has 5 heteroatoms. The maximum atomic E-state index is 5.30. The van der Waals surface area contributed by atoms with Gasteiger partial charge in [0.15, 0.2) is 0 Å². The molecule has 0 fully saturated rings. The molecule has 5 nitrogen and oxygen atoms in total. The van der Waals surface area contributed by atoms with Crippen LogP contribution in [-0.2, 0) is 4.74 Å². The molecule has 0 radical (unpaired) electrons. The molecule has 0 aromatic heterocycles. The minimum absolute atomic E-state index is 0.552. The minimum Gasteiger partial charge on any atom is -0.378 e. The van der Waals surface area contributed by atoms with Gasteiger partial charge < -0.3 is 15.8 Å². The first-order valence-electron chi connectivity index (χ1n) is 5.07. The molecule has 0 saturated carbocycles. The lowest BCUT2D eigenvalue weighted by molar-refractivity contribution is 0.123. The fraction of sp³-hybridized carbons (Fsp3) is 0.700. The first-order chi connectivity index (χ1) is 7.24. The van der Waals surface area contributed by atoms with Crippen LogP contribution in [0.1, 0.15) is 6.92 Å². The molecule has 0 heterocycles. The third kappa shape index (κ3) is 8.11. The summed E-state index contributed by atoms with van der Waals surface area (Å²) in [5, 5.41) is 8.71. The second-order valence-electron chi connectivity index (χ2n) is 3.21. The lowest BCUT2D eigenvalue weighted by Gasteiger charge is -2.15. The Hall–Kier alpha value is -0.910. The molecular formula is C10H22N4O. The topological polar surface area (TPSA) is 62.9 Å². The van der Waals surface area contributed by atoms with Crippen molar-refractivity contribution in [3.05, 3.63) is 11.8 Å². The molecule has 15 heavy (non-hydrogen) atoms. The highest BCUT2D eigenvalue weighted by atomic mass is 16.5. The Morgan fingerprint density at radius 2 is 2.33 bits per heavy atom. The van der Waals surface area contributed by atoms with Crippen molar-refractivity contribution < 1.29 is 4.74 Å². The second kappa shape index (κ2) is 9.64. The van der Waals surface area contributed by atoms with E-state index >= 15 is 0 Å². The average Bonchev–Trinajstić information content (AvgIpc) is 2.23. The van der Waals surface area contributed by atoms with Gasteiger partial charge in [0.2, 0.25) is 0 Å². The van der Waals surface area contributed by atoms with Crippen LogP contribution in [-0.4, -0.2) is 51.6 Å². The molecule has 0 rings (SSSR count). The van der Waals surface area contributed by atoms with Crippen molar-refractivity contribution in [1.82, 2.24) is 10.3 Å². The first kappa shape index (κ1) is 14.1. The number of hydrogen-bond donors (Lipinski definition) is 2. The maximum Gasteiger partial charge on any atom is 0.0663 e. The predicted octanol–water partition coefficient (Wildman–Crippen LogP) is 0.00250. The van der Waals surface area contributed by atoms with Crippen molar-refractivity contribution >= 4 is 6.72 Å². The number of likely N-dealkylation sites (N-methyl/N-ethyl adjacent to an activating group) is 1. The molecule has 0 aliphatic carbocycles. The summed E-state index contributed by atoms with van der Waals surface area (Å²) in [4.78, 5) is 0. The largest absolute Gasteiger partial charge is 0.378 e. The van der Waals surface area contributed by atoms with Crippen LogP contribution in [0.3, 0.4) is 0 Å². The zero-order valence-electron chi connectivity index (χ0n) is 9.70. The Morgan fingerprint density at radius 3 is 2.87 bits per heavy atom. The summed E-state index contributed by atoms with van der Waals surface area (Å²) >= 11 is 0. The Morgan fingerprint density at radius 1 is 1.60 bits per heavy atom. The van der Waals surface area contributed by atoms with Gasteiger partial charge in [-0.05, 0) is 19.5 Å². The smallest absolute Gasteiger partial charge is 0.0663 e. The lowest BCUT2D eigenvalue weighted by atomic mass is 10.3. The van der Waals surface area contributed by atoms with Crippen LogP contribution in [0, 0.1) is 0 Å². The summed E-state index contributed by atoms with van der Waals surface area (Å²) < 4.78 is 5.26. The fourth-order valence-corrected chi connectivity index (χ4v) is 1.10. The van der Waals surface area contributed by atoms with Crippen LogP contribution in [0.5, 0.6) is 0 Å². The van der Waals surface area contributed by atoms with E-state index in [0.717, 1.165) is 6.54 Å². The van der Waals surface area contributed by atoms with Gasteiger partial charge in [0.25, 0.3) is 0 Å². The van der Waals surface area contributed by atoms with Gasteiger partial charge in [-0.25, -0.2) is 0 Å². The molecule has 0 unspecified atom stereocenters. The van der Waals surface area contributed by atoms with Crippen LogP contribution >= 0.6 is 0 Å². The van der Waals surface area contributed by atoms with Crippen LogP contribution in [0.25, 0.3) is 0 Å². The van der Waals surface area contributed by atoms with E-state index < -0.39 is 0 Å². The number of nitrogens with zero attached hydrogens (tertiary/aromatic N) is 2. The first-order valence-corrected chi connectivity index (χ1v) is 5.07. The monoisotopic (exact) mass is 214 g/mol. The molecular weight excluding hydrogens is 192 g/mol. The Bertz CT molecular complexity index is 194. The van der Waals surface area contributed by atoms with E-state index in [1.54, 1.807) is 5.01 Å². The van der Waals surface area contributed by atoms with E-state index in [-0.39, 0.29) is 0 Å². The highest BCUT2D eigenvalue weighted by Crippen LogP contribution is 1.96. The summed E-state index contributed by atoms with van der Waals surface area (Å²) in [7, 11) is 1.91. The fourth-order valence-electron chi connectivity index (χ4n) is 1.10. The Labute approximate surface area is 92.0 Å². The zero-order chi connectivity index (χ0) is 11.5. The maximum absolute atomic E-state index is 5.30. The third-order valence-electron chi connectivity index (χ3n) is 1.73. The predicted molar refractivity (Wildman–Crippen MR) is 63.8 cm³/mol. The van der Waals surface area contributed by atoms with Gasteiger partial charge in [-0.2, -0.15) is 5.10 Å². The minimum atomic E-state index is 0.552. The number of rotatable bonds is 9. The van der Waals surface area contributed by atoms with Crippen LogP contribution in [0.4, 0.5) is 0 Å². The van der Waals surface area contributed by atoms with E-state index in [2.05, 4.69) is 17.1 Å². The highest BCUT2D eigenvalue weighted by molar-refractivity contribution is 5.23. The molecule has 0 aromatic rings.